The summed E-state index contributed by atoms with van der Waals surface area (Å²) < 4.78 is 1.21. The molecule has 1 aromatic rings. The van der Waals surface area contributed by atoms with Crippen LogP contribution in [0.2, 0.25) is 0 Å². The SMILES string of the molecule is CCCCN(c1ccc(CNCC)c(Br)c1)C(C)CC. The number of hydrogen-bond acceptors (Lipinski definition) is 2. The van der Waals surface area contributed by atoms with E-state index in [1.54, 1.807) is 0 Å². The van der Waals surface area contributed by atoms with Crippen molar-refractivity contribution in [2.24, 2.45) is 0 Å². The van der Waals surface area contributed by atoms with Crippen LogP contribution in [0.1, 0.15) is 52.5 Å². The van der Waals surface area contributed by atoms with E-state index in [2.05, 4.69) is 72.0 Å². The molecule has 0 aromatic heterocycles. The molecule has 0 aliphatic carbocycles. The highest BCUT2D eigenvalue weighted by molar-refractivity contribution is 9.10. The van der Waals surface area contributed by atoms with E-state index in [9.17, 15) is 0 Å². The predicted molar refractivity (Wildman–Crippen MR) is 93.5 cm³/mol. The van der Waals surface area contributed by atoms with Crippen molar-refractivity contribution in [3.05, 3.63) is 28.2 Å². The van der Waals surface area contributed by atoms with Crippen LogP contribution < -0.4 is 10.2 Å². The van der Waals surface area contributed by atoms with Crippen molar-refractivity contribution < 1.29 is 0 Å². The van der Waals surface area contributed by atoms with E-state index in [-0.39, 0.29) is 0 Å². The van der Waals surface area contributed by atoms with Gasteiger partial charge in [-0.2, -0.15) is 0 Å². The second-order valence-corrected chi connectivity index (χ2v) is 6.21. The first-order valence-electron chi connectivity index (χ1n) is 7.89. The number of nitrogens with zero attached hydrogens (tertiary/aromatic N) is 1. The molecule has 0 fully saturated rings. The first kappa shape index (κ1) is 17.5. The average molecular weight is 341 g/mol. The van der Waals surface area contributed by atoms with Crippen molar-refractivity contribution in [2.75, 3.05) is 18.0 Å². The standard InChI is InChI=1S/C17H29BrN2/c1-5-8-11-20(14(4)6-2)16-10-9-15(13-19-7-3)17(18)12-16/h9-10,12,14,19H,5-8,11,13H2,1-4H3. The van der Waals surface area contributed by atoms with Crippen molar-refractivity contribution >= 4 is 21.6 Å². The minimum atomic E-state index is 0.591. The van der Waals surface area contributed by atoms with Gasteiger partial charge in [0, 0.05) is 29.3 Å². The number of hydrogen-bond donors (Lipinski definition) is 1. The fraction of sp³-hybridized carbons (Fsp3) is 0.647. The topological polar surface area (TPSA) is 15.3 Å². The largest absolute Gasteiger partial charge is 0.369 e. The third kappa shape index (κ3) is 5.10. The molecule has 0 aliphatic rings. The van der Waals surface area contributed by atoms with Gasteiger partial charge in [0.1, 0.15) is 0 Å². The summed E-state index contributed by atoms with van der Waals surface area (Å²) in [5.74, 6) is 0. The summed E-state index contributed by atoms with van der Waals surface area (Å²) in [5, 5.41) is 3.38. The Balaban J connectivity index is 2.87. The fourth-order valence-electron chi connectivity index (χ4n) is 2.27. The quantitative estimate of drug-likeness (QED) is 0.683. The number of anilines is 1. The van der Waals surface area contributed by atoms with Crippen LogP contribution in [0.5, 0.6) is 0 Å². The van der Waals surface area contributed by atoms with Gasteiger partial charge >= 0.3 is 0 Å². The Hall–Kier alpha value is -0.540. The molecule has 1 atom stereocenters. The molecule has 0 heterocycles. The highest BCUT2D eigenvalue weighted by atomic mass is 79.9. The Labute approximate surface area is 133 Å². The summed E-state index contributed by atoms with van der Waals surface area (Å²) in [6.07, 6.45) is 3.67. The van der Waals surface area contributed by atoms with E-state index in [4.69, 9.17) is 0 Å². The number of benzene rings is 1. The molecule has 114 valence electrons. The minimum Gasteiger partial charge on any atom is -0.369 e. The molecule has 3 heteroatoms. The Morgan fingerprint density at radius 3 is 2.55 bits per heavy atom. The van der Waals surface area contributed by atoms with Crippen LogP contribution in [0, 0.1) is 0 Å². The molecule has 20 heavy (non-hydrogen) atoms. The van der Waals surface area contributed by atoms with Crippen LogP contribution in [0.3, 0.4) is 0 Å². The first-order valence-corrected chi connectivity index (χ1v) is 8.69. The molecule has 1 rings (SSSR count). The predicted octanol–water partition coefficient (Wildman–Crippen LogP) is 4.96. The lowest BCUT2D eigenvalue weighted by molar-refractivity contribution is 0.595. The zero-order valence-corrected chi connectivity index (χ0v) is 15.0. The monoisotopic (exact) mass is 340 g/mol. The van der Waals surface area contributed by atoms with Crippen LogP contribution >= 0.6 is 15.9 Å². The average Bonchev–Trinajstić information content (AvgIpc) is 2.46. The third-order valence-corrected chi connectivity index (χ3v) is 4.55. The van der Waals surface area contributed by atoms with Gasteiger partial charge in [-0.3, -0.25) is 0 Å². The van der Waals surface area contributed by atoms with Crippen LogP contribution in [-0.4, -0.2) is 19.1 Å². The summed E-state index contributed by atoms with van der Waals surface area (Å²) in [5.41, 5.74) is 2.66. The molecule has 1 N–H and O–H groups in total. The molecule has 0 bridgehead atoms. The van der Waals surface area contributed by atoms with Crippen LogP contribution in [0.15, 0.2) is 22.7 Å². The van der Waals surface area contributed by atoms with Gasteiger partial charge in [-0.05, 0) is 44.0 Å². The molecule has 2 nitrogen and oxygen atoms in total. The van der Waals surface area contributed by atoms with Crippen molar-refractivity contribution in [2.45, 2.75) is 59.5 Å². The first-order chi connectivity index (χ1) is 9.63. The Bertz CT molecular complexity index is 393. The molecule has 0 aliphatic heterocycles. The van der Waals surface area contributed by atoms with E-state index >= 15 is 0 Å². The second-order valence-electron chi connectivity index (χ2n) is 5.36. The van der Waals surface area contributed by atoms with Gasteiger partial charge in [-0.1, -0.05) is 49.2 Å². The molecule has 0 saturated heterocycles. The van der Waals surface area contributed by atoms with Crippen molar-refractivity contribution in [3.8, 4) is 0 Å². The van der Waals surface area contributed by atoms with Crippen LogP contribution in [0.4, 0.5) is 5.69 Å². The highest BCUT2D eigenvalue weighted by Crippen LogP contribution is 2.26. The van der Waals surface area contributed by atoms with Gasteiger partial charge in [0.15, 0.2) is 0 Å². The maximum atomic E-state index is 3.72. The molecular weight excluding hydrogens is 312 g/mol. The number of rotatable bonds is 9. The lowest BCUT2D eigenvalue weighted by Gasteiger charge is -2.31. The lowest BCUT2D eigenvalue weighted by Crippen LogP contribution is -2.33. The van der Waals surface area contributed by atoms with E-state index < -0.39 is 0 Å². The van der Waals surface area contributed by atoms with Gasteiger partial charge in [0.25, 0.3) is 0 Å². The van der Waals surface area contributed by atoms with Gasteiger partial charge in [0.05, 0.1) is 0 Å². The molecule has 0 amide bonds. The number of nitrogens with one attached hydrogen (secondary N) is 1. The number of unbranched alkanes of at least 4 members (excludes halogenated alkanes) is 1. The molecule has 0 spiro atoms. The van der Waals surface area contributed by atoms with E-state index in [0.717, 1.165) is 19.6 Å². The van der Waals surface area contributed by atoms with Crippen LogP contribution in [-0.2, 0) is 6.54 Å². The molecule has 0 saturated carbocycles. The van der Waals surface area contributed by atoms with E-state index in [0.29, 0.717) is 6.04 Å². The molecule has 1 aromatic carbocycles. The fourth-order valence-corrected chi connectivity index (χ4v) is 2.78. The van der Waals surface area contributed by atoms with E-state index in [1.807, 2.05) is 0 Å². The van der Waals surface area contributed by atoms with Gasteiger partial charge in [0.2, 0.25) is 0 Å². The minimum absolute atomic E-state index is 0.591. The maximum absolute atomic E-state index is 3.72. The summed E-state index contributed by atoms with van der Waals surface area (Å²) in [6.45, 7) is 12.0. The second kappa shape index (κ2) is 9.41. The molecular formula is C17H29BrN2. The Morgan fingerprint density at radius 1 is 1.25 bits per heavy atom. The van der Waals surface area contributed by atoms with Gasteiger partial charge < -0.3 is 10.2 Å². The smallest absolute Gasteiger partial charge is 0.0380 e. The normalized spacial score (nSPS) is 12.4. The van der Waals surface area contributed by atoms with E-state index in [1.165, 1.54) is 35.0 Å². The third-order valence-electron chi connectivity index (χ3n) is 3.81. The van der Waals surface area contributed by atoms with Gasteiger partial charge in [-0.25, -0.2) is 0 Å². The zero-order chi connectivity index (χ0) is 15.0. The van der Waals surface area contributed by atoms with Gasteiger partial charge in [-0.15, -0.1) is 0 Å². The highest BCUT2D eigenvalue weighted by Gasteiger charge is 2.13. The summed E-state index contributed by atoms with van der Waals surface area (Å²) in [7, 11) is 0. The maximum Gasteiger partial charge on any atom is 0.0380 e. The molecule has 1 unspecified atom stereocenters. The van der Waals surface area contributed by atoms with Crippen molar-refractivity contribution in [3.63, 3.8) is 0 Å². The Kier molecular flexibility index (Phi) is 8.24. The summed E-state index contributed by atoms with van der Waals surface area (Å²) in [4.78, 5) is 2.53. The van der Waals surface area contributed by atoms with Crippen molar-refractivity contribution in [1.29, 1.82) is 0 Å². The van der Waals surface area contributed by atoms with Crippen molar-refractivity contribution in [1.82, 2.24) is 5.32 Å². The summed E-state index contributed by atoms with van der Waals surface area (Å²) in [6, 6.07) is 7.37. The lowest BCUT2D eigenvalue weighted by atomic mass is 10.1. The summed E-state index contributed by atoms with van der Waals surface area (Å²) >= 11 is 3.72. The molecule has 0 radical (unpaired) electrons. The zero-order valence-electron chi connectivity index (χ0n) is 13.4. The number of halogens is 1. The Morgan fingerprint density at radius 2 is 2.00 bits per heavy atom. The van der Waals surface area contributed by atoms with Crippen LogP contribution in [0.25, 0.3) is 0 Å².